The zero-order valence-electron chi connectivity index (χ0n) is 9.80. The van der Waals surface area contributed by atoms with Crippen LogP contribution in [0.15, 0.2) is 30.6 Å². The summed E-state index contributed by atoms with van der Waals surface area (Å²) < 4.78 is 3.02. The highest BCUT2D eigenvalue weighted by molar-refractivity contribution is 8.23. The fraction of sp³-hybridized carbons (Fsp3) is 0.417. The van der Waals surface area contributed by atoms with Crippen molar-refractivity contribution in [3.63, 3.8) is 0 Å². The lowest BCUT2D eigenvalue weighted by Crippen LogP contribution is -2.26. The van der Waals surface area contributed by atoms with Gasteiger partial charge in [-0.15, -0.1) is 0 Å². The molecule has 0 N–H and O–H groups in total. The molecule has 0 radical (unpaired) electrons. The number of rotatable bonds is 5. The minimum Gasteiger partial charge on any atom is -0.358 e. The van der Waals surface area contributed by atoms with Crippen molar-refractivity contribution in [1.82, 2.24) is 9.47 Å². The van der Waals surface area contributed by atoms with Crippen molar-refractivity contribution in [1.29, 1.82) is 0 Å². The quantitative estimate of drug-likeness (QED) is 0.745. The second kappa shape index (κ2) is 7.52. The topological polar surface area (TPSA) is 8.17 Å². The molecule has 0 fully saturated rings. The summed E-state index contributed by atoms with van der Waals surface area (Å²) in [5.41, 5.74) is 0. The van der Waals surface area contributed by atoms with Crippen molar-refractivity contribution in [2.45, 2.75) is 13.8 Å². The third-order valence-electron chi connectivity index (χ3n) is 2.23. The smallest absolute Gasteiger partial charge is 0.136 e. The fourth-order valence-electron chi connectivity index (χ4n) is 1.30. The first-order valence-electron chi connectivity index (χ1n) is 5.48. The molecule has 88 valence electrons. The summed E-state index contributed by atoms with van der Waals surface area (Å²) in [6, 6.07) is 4.02. The van der Waals surface area contributed by atoms with E-state index in [-0.39, 0.29) is 0 Å². The van der Waals surface area contributed by atoms with Crippen LogP contribution in [0.4, 0.5) is 0 Å². The molecule has 0 bridgehead atoms. The van der Waals surface area contributed by atoms with Gasteiger partial charge in [-0.1, -0.05) is 30.1 Å². The van der Waals surface area contributed by atoms with E-state index in [4.69, 9.17) is 12.2 Å². The highest BCUT2D eigenvalue weighted by Crippen LogP contribution is 2.09. The van der Waals surface area contributed by atoms with E-state index in [0.29, 0.717) is 0 Å². The lowest BCUT2D eigenvalue weighted by molar-refractivity contribution is 0.482. The second-order valence-electron chi connectivity index (χ2n) is 3.26. The second-order valence-corrected chi connectivity index (χ2v) is 4.92. The summed E-state index contributed by atoms with van der Waals surface area (Å²) in [6.45, 7) is 6.24. The Hall–Kier alpha value is -0.740. The minimum absolute atomic E-state index is 0.924. The van der Waals surface area contributed by atoms with Gasteiger partial charge in [0.2, 0.25) is 0 Å². The van der Waals surface area contributed by atoms with E-state index in [2.05, 4.69) is 31.0 Å². The molecule has 1 aromatic rings. The van der Waals surface area contributed by atoms with Gasteiger partial charge in [-0.2, -0.15) is 0 Å². The molecule has 0 saturated heterocycles. The Balaban J connectivity index is 2.27. The Kier molecular flexibility index (Phi) is 6.26. The van der Waals surface area contributed by atoms with Crippen molar-refractivity contribution in [3.05, 3.63) is 30.6 Å². The lowest BCUT2D eigenvalue weighted by Gasteiger charge is -2.20. The summed E-state index contributed by atoms with van der Waals surface area (Å²) in [5, 5.41) is 0. The van der Waals surface area contributed by atoms with Crippen LogP contribution in [0.25, 0.3) is 6.20 Å². The molecule has 0 atom stereocenters. The summed E-state index contributed by atoms with van der Waals surface area (Å²) >= 11 is 7.05. The Morgan fingerprint density at radius 1 is 1.31 bits per heavy atom. The van der Waals surface area contributed by atoms with E-state index in [9.17, 15) is 0 Å². The van der Waals surface area contributed by atoms with Crippen LogP contribution in [0, 0.1) is 0 Å². The Morgan fingerprint density at radius 2 is 1.94 bits per heavy atom. The fourth-order valence-corrected chi connectivity index (χ4v) is 2.53. The van der Waals surface area contributed by atoms with E-state index >= 15 is 0 Å². The van der Waals surface area contributed by atoms with Crippen molar-refractivity contribution < 1.29 is 0 Å². The molecule has 4 heteroatoms. The van der Waals surface area contributed by atoms with Crippen molar-refractivity contribution >= 4 is 34.5 Å². The molecule has 16 heavy (non-hydrogen) atoms. The molecule has 0 aromatic carbocycles. The maximum atomic E-state index is 5.34. The Bertz CT molecular complexity index is 327. The third-order valence-corrected chi connectivity index (χ3v) is 3.71. The standard InChI is InChI=1S/C12H18N2S2/c1-3-14(4-2)12(15)16-11-7-10-13-8-5-6-9-13/h5-10H,3-4,11H2,1-2H3. The molecule has 0 saturated carbocycles. The van der Waals surface area contributed by atoms with Gasteiger partial charge >= 0.3 is 0 Å². The van der Waals surface area contributed by atoms with Crippen molar-refractivity contribution in [2.24, 2.45) is 0 Å². The summed E-state index contributed by atoms with van der Waals surface area (Å²) in [4.78, 5) is 2.20. The van der Waals surface area contributed by atoms with Gasteiger partial charge in [0.1, 0.15) is 4.32 Å². The van der Waals surface area contributed by atoms with Gasteiger partial charge in [0.25, 0.3) is 0 Å². The SMILES string of the molecule is CCN(CC)C(=S)SCC=Cn1cccc1. The van der Waals surface area contributed by atoms with Crippen molar-refractivity contribution in [2.75, 3.05) is 18.8 Å². The molecule has 0 amide bonds. The molecule has 2 nitrogen and oxygen atoms in total. The van der Waals surface area contributed by atoms with E-state index in [1.165, 1.54) is 0 Å². The van der Waals surface area contributed by atoms with E-state index < -0.39 is 0 Å². The van der Waals surface area contributed by atoms with Crippen LogP contribution < -0.4 is 0 Å². The first-order valence-corrected chi connectivity index (χ1v) is 6.88. The predicted molar refractivity (Wildman–Crippen MR) is 77.7 cm³/mol. The maximum absolute atomic E-state index is 5.34. The van der Waals surface area contributed by atoms with Crippen molar-refractivity contribution in [3.8, 4) is 0 Å². The Labute approximate surface area is 107 Å². The Morgan fingerprint density at radius 3 is 2.50 bits per heavy atom. The molecule has 0 aliphatic heterocycles. The summed E-state index contributed by atoms with van der Waals surface area (Å²) in [5.74, 6) is 0.924. The number of thiocarbonyl (C=S) groups is 1. The normalized spacial score (nSPS) is 10.9. The zero-order chi connectivity index (χ0) is 11.8. The number of nitrogens with zero attached hydrogens (tertiary/aromatic N) is 2. The van der Waals surface area contributed by atoms with Crippen LogP contribution in [0.5, 0.6) is 0 Å². The monoisotopic (exact) mass is 254 g/mol. The average Bonchev–Trinajstić information content (AvgIpc) is 2.79. The van der Waals surface area contributed by atoms with E-state index in [0.717, 1.165) is 23.2 Å². The van der Waals surface area contributed by atoms with Gasteiger partial charge in [0.05, 0.1) is 0 Å². The van der Waals surface area contributed by atoms with Gasteiger partial charge < -0.3 is 9.47 Å². The van der Waals surface area contributed by atoms with E-state index in [1.54, 1.807) is 11.8 Å². The van der Waals surface area contributed by atoms with Crippen LogP contribution >= 0.6 is 24.0 Å². The summed E-state index contributed by atoms with van der Waals surface area (Å²) in [7, 11) is 0. The summed E-state index contributed by atoms with van der Waals surface area (Å²) in [6.07, 6.45) is 8.21. The van der Waals surface area contributed by atoms with Crippen LogP contribution in [0.2, 0.25) is 0 Å². The molecule has 1 heterocycles. The van der Waals surface area contributed by atoms with Crippen LogP contribution in [-0.2, 0) is 0 Å². The maximum Gasteiger partial charge on any atom is 0.136 e. The third kappa shape index (κ3) is 4.41. The molecule has 0 spiro atoms. The highest BCUT2D eigenvalue weighted by atomic mass is 32.2. The van der Waals surface area contributed by atoms with Gasteiger partial charge in [0.15, 0.2) is 0 Å². The number of hydrogen-bond acceptors (Lipinski definition) is 2. The lowest BCUT2D eigenvalue weighted by atomic mass is 10.6. The predicted octanol–water partition coefficient (Wildman–Crippen LogP) is 3.32. The van der Waals surface area contributed by atoms with Crippen LogP contribution in [-0.4, -0.2) is 32.6 Å². The molecule has 1 rings (SSSR count). The molecule has 0 aliphatic rings. The van der Waals surface area contributed by atoms with Gasteiger partial charge in [-0.25, -0.2) is 0 Å². The number of thioether (sulfide) groups is 1. The van der Waals surface area contributed by atoms with Gasteiger partial charge in [0, 0.05) is 37.4 Å². The molecule has 0 aliphatic carbocycles. The van der Waals surface area contributed by atoms with Crippen LogP contribution in [0.3, 0.4) is 0 Å². The van der Waals surface area contributed by atoms with Crippen LogP contribution in [0.1, 0.15) is 13.8 Å². The molecular weight excluding hydrogens is 236 g/mol. The molecule has 0 unspecified atom stereocenters. The number of hydrogen-bond donors (Lipinski definition) is 0. The first kappa shape index (κ1) is 13.3. The first-order chi connectivity index (χ1) is 7.77. The van der Waals surface area contributed by atoms with Gasteiger partial charge in [-0.3, -0.25) is 0 Å². The molecule has 1 aromatic heterocycles. The van der Waals surface area contributed by atoms with Gasteiger partial charge in [-0.05, 0) is 26.0 Å². The average molecular weight is 254 g/mol. The number of aromatic nitrogens is 1. The zero-order valence-corrected chi connectivity index (χ0v) is 11.4. The highest BCUT2D eigenvalue weighted by Gasteiger charge is 2.03. The largest absolute Gasteiger partial charge is 0.358 e. The minimum atomic E-state index is 0.924. The molecular formula is C12H18N2S2. The van der Waals surface area contributed by atoms with E-state index in [1.807, 2.05) is 29.1 Å².